The lowest BCUT2D eigenvalue weighted by Gasteiger charge is -2.25. The molecule has 0 heterocycles. The molecule has 1 rings (SSSR count). The van der Waals surface area contributed by atoms with Crippen LogP contribution in [0.4, 0.5) is 0 Å². The monoisotopic (exact) mass is 495 g/mol. The van der Waals surface area contributed by atoms with Gasteiger partial charge in [0.05, 0.1) is 12.5 Å². The Hall–Kier alpha value is -3.12. The Labute approximate surface area is 203 Å². The first-order valence-electron chi connectivity index (χ1n) is 10.8. The molecule has 0 aliphatic rings. The average molecular weight is 496 g/mol. The summed E-state index contributed by atoms with van der Waals surface area (Å²) in [5.41, 5.74) is 12.0. The number of nitrogens with one attached hydrogen (secondary N) is 3. The summed E-state index contributed by atoms with van der Waals surface area (Å²) < 4.78 is 0. The Morgan fingerprint density at radius 1 is 0.912 bits per heavy atom. The van der Waals surface area contributed by atoms with Crippen molar-refractivity contribution in [1.29, 1.82) is 0 Å². The summed E-state index contributed by atoms with van der Waals surface area (Å²) in [7, 11) is 0. The van der Waals surface area contributed by atoms with Crippen LogP contribution in [0.2, 0.25) is 0 Å². The predicted molar refractivity (Wildman–Crippen MR) is 129 cm³/mol. The number of amides is 4. The molecule has 11 nitrogen and oxygen atoms in total. The van der Waals surface area contributed by atoms with E-state index in [-0.39, 0.29) is 24.5 Å². The lowest BCUT2D eigenvalue weighted by atomic mass is 10.0. The van der Waals surface area contributed by atoms with Gasteiger partial charge in [-0.3, -0.25) is 19.2 Å². The molecule has 188 valence electrons. The van der Waals surface area contributed by atoms with Crippen molar-refractivity contribution in [3.8, 4) is 0 Å². The largest absolute Gasteiger partial charge is 0.480 e. The molecule has 1 aromatic carbocycles. The van der Waals surface area contributed by atoms with E-state index >= 15 is 0 Å². The Balaban J connectivity index is 2.93. The third kappa shape index (κ3) is 10.2. The number of hydrogen-bond acceptors (Lipinski definition) is 7. The van der Waals surface area contributed by atoms with Crippen LogP contribution < -0.4 is 27.4 Å². The van der Waals surface area contributed by atoms with Crippen LogP contribution in [0, 0.1) is 5.92 Å². The van der Waals surface area contributed by atoms with Gasteiger partial charge in [0.25, 0.3) is 0 Å². The number of hydrogen-bond donors (Lipinski definition) is 7. The second-order valence-corrected chi connectivity index (χ2v) is 8.67. The number of thiol groups is 1. The molecule has 0 spiro atoms. The van der Waals surface area contributed by atoms with Crippen LogP contribution in [0.1, 0.15) is 32.3 Å². The van der Waals surface area contributed by atoms with Gasteiger partial charge in [-0.05, 0) is 24.3 Å². The van der Waals surface area contributed by atoms with Gasteiger partial charge in [0, 0.05) is 5.75 Å². The minimum absolute atomic E-state index is 0.0428. The number of rotatable bonds is 14. The van der Waals surface area contributed by atoms with Crippen molar-refractivity contribution in [3.05, 3.63) is 35.9 Å². The van der Waals surface area contributed by atoms with Crippen molar-refractivity contribution < 1.29 is 29.1 Å². The van der Waals surface area contributed by atoms with Gasteiger partial charge in [-0.25, -0.2) is 4.79 Å². The Morgan fingerprint density at radius 3 is 1.94 bits per heavy atom. The average Bonchev–Trinajstić information content (AvgIpc) is 2.75. The van der Waals surface area contributed by atoms with Gasteiger partial charge < -0.3 is 32.5 Å². The third-order valence-corrected chi connectivity index (χ3v) is 5.18. The number of primary amides is 1. The van der Waals surface area contributed by atoms with Gasteiger partial charge in [-0.2, -0.15) is 12.6 Å². The highest BCUT2D eigenvalue weighted by molar-refractivity contribution is 7.80. The van der Waals surface area contributed by atoms with Crippen LogP contribution in [0.15, 0.2) is 30.3 Å². The Kier molecular flexibility index (Phi) is 12.1. The fourth-order valence-electron chi connectivity index (χ4n) is 3.08. The van der Waals surface area contributed by atoms with E-state index < -0.39 is 60.2 Å². The number of benzene rings is 1. The summed E-state index contributed by atoms with van der Waals surface area (Å²) in [5, 5.41) is 16.4. The normalized spacial score (nSPS) is 14.4. The number of nitrogens with two attached hydrogens (primary N) is 2. The van der Waals surface area contributed by atoms with Gasteiger partial charge in [0.1, 0.15) is 18.1 Å². The maximum atomic E-state index is 12.9. The molecule has 0 aliphatic heterocycles. The van der Waals surface area contributed by atoms with Gasteiger partial charge in [-0.1, -0.05) is 44.2 Å². The summed E-state index contributed by atoms with van der Waals surface area (Å²) in [6, 6.07) is 4.29. The van der Waals surface area contributed by atoms with E-state index in [0.29, 0.717) is 0 Å². The predicted octanol–water partition coefficient (Wildman–Crippen LogP) is -1.05. The fraction of sp³-hybridized carbons (Fsp3) is 0.500. The molecule has 8 N–H and O–H groups in total. The molecule has 0 radical (unpaired) electrons. The standard InChI is InChI=1S/C22H33N5O6S/c1-12(2)8-15(20(30)27-17(11-34)22(32)33)26-21(31)16(10-18(24)28)25-19(29)14(23)9-13-6-4-3-5-7-13/h3-7,12,14-17,34H,8-11,23H2,1-2H3,(H2,24,28)(H,25,29)(H,26,31)(H,27,30)(H,32,33). The molecule has 1 aromatic rings. The van der Waals surface area contributed by atoms with Crippen molar-refractivity contribution in [2.45, 2.75) is 57.3 Å². The van der Waals surface area contributed by atoms with Crippen molar-refractivity contribution >= 4 is 42.2 Å². The molecule has 4 unspecified atom stereocenters. The van der Waals surface area contributed by atoms with Crippen LogP contribution >= 0.6 is 12.6 Å². The summed E-state index contributed by atoms with van der Waals surface area (Å²) in [5.74, 6) is -4.53. The highest BCUT2D eigenvalue weighted by Gasteiger charge is 2.31. The first-order chi connectivity index (χ1) is 15.9. The van der Waals surface area contributed by atoms with E-state index in [9.17, 15) is 24.0 Å². The maximum absolute atomic E-state index is 12.9. The number of aliphatic carboxylic acids is 1. The van der Waals surface area contributed by atoms with E-state index in [4.69, 9.17) is 16.6 Å². The maximum Gasteiger partial charge on any atom is 0.327 e. The summed E-state index contributed by atoms with van der Waals surface area (Å²) in [4.78, 5) is 60.9. The Bertz CT molecular complexity index is 867. The number of carbonyl (C=O) groups is 5. The van der Waals surface area contributed by atoms with E-state index in [1.54, 1.807) is 24.3 Å². The quantitative estimate of drug-likeness (QED) is 0.160. The molecule has 4 atom stereocenters. The highest BCUT2D eigenvalue weighted by Crippen LogP contribution is 2.08. The van der Waals surface area contributed by atoms with Crippen LogP contribution in [-0.4, -0.2) is 64.6 Å². The molecule has 34 heavy (non-hydrogen) atoms. The van der Waals surface area contributed by atoms with Crippen LogP contribution in [-0.2, 0) is 30.4 Å². The molecule has 0 saturated heterocycles. The van der Waals surface area contributed by atoms with Gasteiger partial charge in [0.15, 0.2) is 0 Å². The molecule has 0 aromatic heterocycles. The van der Waals surface area contributed by atoms with Crippen LogP contribution in [0.25, 0.3) is 0 Å². The smallest absolute Gasteiger partial charge is 0.327 e. The molecule has 0 bridgehead atoms. The molecule has 0 saturated carbocycles. The van der Waals surface area contributed by atoms with Crippen LogP contribution in [0.5, 0.6) is 0 Å². The Morgan fingerprint density at radius 2 is 1.44 bits per heavy atom. The molecule has 0 fully saturated rings. The summed E-state index contributed by atoms with van der Waals surface area (Å²) in [6.45, 7) is 3.62. The van der Waals surface area contributed by atoms with Crippen molar-refractivity contribution in [3.63, 3.8) is 0 Å². The molecular weight excluding hydrogens is 462 g/mol. The SMILES string of the molecule is CC(C)CC(NC(=O)C(CC(N)=O)NC(=O)C(N)Cc1ccccc1)C(=O)NC(CS)C(=O)O. The summed E-state index contributed by atoms with van der Waals surface area (Å²) in [6.07, 6.45) is -0.127. The first kappa shape index (κ1) is 28.9. The lowest BCUT2D eigenvalue weighted by molar-refractivity contribution is -0.141. The minimum atomic E-state index is -1.37. The van der Waals surface area contributed by atoms with Gasteiger partial charge in [0.2, 0.25) is 23.6 Å². The number of carboxylic acid groups (broad SMARTS) is 1. The second-order valence-electron chi connectivity index (χ2n) is 8.30. The topological polar surface area (TPSA) is 194 Å². The van der Waals surface area contributed by atoms with Crippen LogP contribution in [0.3, 0.4) is 0 Å². The minimum Gasteiger partial charge on any atom is -0.480 e. The van der Waals surface area contributed by atoms with E-state index in [0.717, 1.165) is 5.56 Å². The van der Waals surface area contributed by atoms with Crippen molar-refractivity contribution in [2.24, 2.45) is 17.4 Å². The van der Waals surface area contributed by atoms with Crippen molar-refractivity contribution in [2.75, 3.05) is 5.75 Å². The third-order valence-electron chi connectivity index (χ3n) is 4.81. The fourth-order valence-corrected chi connectivity index (χ4v) is 3.33. The highest BCUT2D eigenvalue weighted by atomic mass is 32.1. The van der Waals surface area contributed by atoms with Gasteiger partial charge >= 0.3 is 5.97 Å². The number of carboxylic acids is 1. The van der Waals surface area contributed by atoms with E-state index in [1.165, 1.54) is 0 Å². The summed E-state index contributed by atoms with van der Waals surface area (Å²) >= 11 is 3.91. The zero-order chi connectivity index (χ0) is 25.8. The zero-order valence-corrected chi connectivity index (χ0v) is 20.1. The lowest BCUT2D eigenvalue weighted by Crippen LogP contribution is -2.58. The first-order valence-corrected chi connectivity index (χ1v) is 11.4. The van der Waals surface area contributed by atoms with Crippen molar-refractivity contribution in [1.82, 2.24) is 16.0 Å². The molecule has 0 aliphatic carbocycles. The zero-order valence-electron chi connectivity index (χ0n) is 19.2. The molecule has 12 heteroatoms. The molecule has 4 amide bonds. The second kappa shape index (κ2) is 14.2. The number of carbonyl (C=O) groups excluding carboxylic acids is 4. The van der Waals surface area contributed by atoms with E-state index in [2.05, 4.69) is 28.6 Å². The van der Waals surface area contributed by atoms with E-state index in [1.807, 2.05) is 19.9 Å². The van der Waals surface area contributed by atoms with Gasteiger partial charge in [-0.15, -0.1) is 0 Å². The molecular formula is C22H33N5O6S.